The Hall–Kier alpha value is -1.25. The van der Waals surface area contributed by atoms with E-state index in [4.69, 9.17) is 5.73 Å². The molecule has 1 fully saturated rings. The highest BCUT2D eigenvalue weighted by atomic mass is 15.0. The van der Waals surface area contributed by atoms with Crippen LogP contribution in [0.25, 0.3) is 0 Å². The van der Waals surface area contributed by atoms with Crippen LogP contribution in [0.5, 0.6) is 0 Å². The van der Waals surface area contributed by atoms with Crippen molar-refractivity contribution in [1.29, 1.82) is 0 Å². The summed E-state index contributed by atoms with van der Waals surface area (Å²) in [5.74, 6) is 2.14. The maximum atomic E-state index is 5.55. The van der Waals surface area contributed by atoms with E-state index in [1.165, 1.54) is 12.8 Å². The summed E-state index contributed by atoms with van der Waals surface area (Å²) in [7, 11) is 0. The van der Waals surface area contributed by atoms with Gasteiger partial charge in [-0.05, 0) is 36.8 Å². The van der Waals surface area contributed by atoms with Gasteiger partial charge in [0.05, 0.1) is 11.9 Å². The van der Waals surface area contributed by atoms with Crippen LogP contribution in [0, 0.1) is 11.8 Å². The molecule has 82 valence electrons. The molecule has 0 bridgehead atoms. The highest BCUT2D eigenvalue weighted by Gasteiger charge is 2.29. The molecule has 1 aromatic heterocycles. The summed E-state index contributed by atoms with van der Waals surface area (Å²) in [4.78, 5) is 4.08. The lowest BCUT2D eigenvalue weighted by atomic mass is 9.98. The van der Waals surface area contributed by atoms with Crippen LogP contribution in [0.3, 0.4) is 0 Å². The summed E-state index contributed by atoms with van der Waals surface area (Å²) >= 11 is 0. The van der Waals surface area contributed by atoms with E-state index in [0.29, 0.717) is 11.9 Å². The minimum atomic E-state index is 0.577. The molecule has 1 aromatic rings. The number of nitrogens with two attached hydrogens (primary N) is 1. The minimum Gasteiger partial charge on any atom is -0.384 e. The van der Waals surface area contributed by atoms with Gasteiger partial charge in [0, 0.05) is 6.04 Å². The van der Waals surface area contributed by atoms with E-state index in [1.54, 1.807) is 0 Å². The molecule has 1 aliphatic carbocycles. The molecule has 2 rings (SSSR count). The van der Waals surface area contributed by atoms with Gasteiger partial charge in [-0.15, -0.1) is 0 Å². The van der Waals surface area contributed by atoms with E-state index in [0.717, 1.165) is 17.5 Å². The zero-order valence-corrected chi connectivity index (χ0v) is 9.40. The second-order valence-corrected chi connectivity index (χ2v) is 4.64. The molecule has 3 atom stereocenters. The topological polar surface area (TPSA) is 50.9 Å². The second-order valence-electron chi connectivity index (χ2n) is 4.64. The van der Waals surface area contributed by atoms with Crippen LogP contribution in [0.1, 0.15) is 26.7 Å². The molecule has 3 N–H and O–H groups in total. The molecular formula is C12H19N3. The van der Waals surface area contributed by atoms with Gasteiger partial charge in [-0.1, -0.05) is 13.8 Å². The van der Waals surface area contributed by atoms with Crippen LogP contribution >= 0.6 is 0 Å². The van der Waals surface area contributed by atoms with Crippen LogP contribution in [0.4, 0.5) is 11.5 Å². The molecule has 0 aliphatic heterocycles. The first-order valence-corrected chi connectivity index (χ1v) is 5.65. The zero-order valence-electron chi connectivity index (χ0n) is 9.40. The summed E-state index contributed by atoms with van der Waals surface area (Å²) in [6, 6.07) is 4.43. The molecule has 3 nitrogen and oxygen atoms in total. The Morgan fingerprint density at radius 1 is 1.33 bits per heavy atom. The number of pyridine rings is 1. The van der Waals surface area contributed by atoms with E-state index in [1.807, 2.05) is 18.3 Å². The monoisotopic (exact) mass is 205 g/mol. The highest BCUT2D eigenvalue weighted by Crippen LogP contribution is 2.33. The Kier molecular flexibility index (Phi) is 2.80. The lowest BCUT2D eigenvalue weighted by Crippen LogP contribution is -2.24. The second kappa shape index (κ2) is 4.09. The summed E-state index contributed by atoms with van der Waals surface area (Å²) < 4.78 is 0. The summed E-state index contributed by atoms with van der Waals surface area (Å²) in [6.45, 7) is 4.65. The largest absolute Gasteiger partial charge is 0.384 e. The maximum absolute atomic E-state index is 5.55. The summed E-state index contributed by atoms with van der Waals surface area (Å²) in [6.07, 6.45) is 4.39. The number of rotatable bonds is 2. The molecule has 3 unspecified atom stereocenters. The first-order valence-electron chi connectivity index (χ1n) is 5.65. The van der Waals surface area contributed by atoms with Gasteiger partial charge in [-0.25, -0.2) is 4.98 Å². The van der Waals surface area contributed by atoms with E-state index in [2.05, 4.69) is 24.1 Å². The first kappa shape index (κ1) is 10.3. The standard InChI is InChI=1S/C12H19N3/c1-8-3-5-11(9(8)2)15-10-4-6-12(13)14-7-10/h4,6-9,11,15H,3,5H2,1-2H3,(H2,13,14). The number of anilines is 2. The number of nitrogen functional groups attached to an aromatic ring is 1. The van der Waals surface area contributed by atoms with Gasteiger partial charge in [0.15, 0.2) is 0 Å². The van der Waals surface area contributed by atoms with Gasteiger partial charge in [0.1, 0.15) is 5.82 Å². The normalized spacial score (nSPS) is 30.4. The van der Waals surface area contributed by atoms with E-state index < -0.39 is 0 Å². The van der Waals surface area contributed by atoms with Gasteiger partial charge in [0.25, 0.3) is 0 Å². The van der Waals surface area contributed by atoms with Gasteiger partial charge in [0.2, 0.25) is 0 Å². The molecule has 1 aliphatic rings. The van der Waals surface area contributed by atoms with Gasteiger partial charge in [-0.2, -0.15) is 0 Å². The van der Waals surface area contributed by atoms with Crippen molar-refractivity contribution in [1.82, 2.24) is 4.98 Å². The van der Waals surface area contributed by atoms with E-state index in [-0.39, 0.29) is 0 Å². The molecule has 3 heteroatoms. The van der Waals surface area contributed by atoms with Crippen LogP contribution in [0.15, 0.2) is 18.3 Å². The average molecular weight is 205 g/mol. The Bertz CT molecular complexity index is 320. The molecule has 1 saturated carbocycles. The lowest BCUT2D eigenvalue weighted by Gasteiger charge is -2.20. The predicted octanol–water partition coefficient (Wildman–Crippen LogP) is 2.51. The minimum absolute atomic E-state index is 0.577. The molecule has 0 aromatic carbocycles. The van der Waals surface area contributed by atoms with Crippen LogP contribution in [-0.2, 0) is 0 Å². The molecule has 15 heavy (non-hydrogen) atoms. The number of nitrogens with zero attached hydrogens (tertiary/aromatic N) is 1. The smallest absolute Gasteiger partial charge is 0.123 e. The van der Waals surface area contributed by atoms with E-state index >= 15 is 0 Å². The third-order valence-corrected chi connectivity index (χ3v) is 3.60. The Morgan fingerprint density at radius 3 is 2.67 bits per heavy atom. The molecule has 1 heterocycles. The van der Waals surface area contributed by atoms with Gasteiger partial charge < -0.3 is 11.1 Å². The van der Waals surface area contributed by atoms with Crippen molar-refractivity contribution in [3.05, 3.63) is 18.3 Å². The molecule has 0 saturated heterocycles. The van der Waals surface area contributed by atoms with Crippen LogP contribution < -0.4 is 11.1 Å². The molecule has 0 radical (unpaired) electrons. The predicted molar refractivity (Wildman–Crippen MR) is 63.6 cm³/mol. The van der Waals surface area contributed by atoms with E-state index in [9.17, 15) is 0 Å². The SMILES string of the molecule is CC1CCC(Nc2ccc(N)nc2)C1C. The zero-order chi connectivity index (χ0) is 10.8. The third kappa shape index (κ3) is 2.22. The quantitative estimate of drug-likeness (QED) is 0.780. The van der Waals surface area contributed by atoms with Crippen molar-refractivity contribution in [2.75, 3.05) is 11.1 Å². The number of hydrogen-bond acceptors (Lipinski definition) is 3. The van der Waals surface area contributed by atoms with Gasteiger partial charge in [-0.3, -0.25) is 0 Å². The van der Waals surface area contributed by atoms with Crippen molar-refractivity contribution < 1.29 is 0 Å². The van der Waals surface area contributed by atoms with Crippen molar-refractivity contribution in [3.8, 4) is 0 Å². The Labute approximate surface area is 91.1 Å². The summed E-state index contributed by atoms with van der Waals surface area (Å²) in [5, 5.41) is 3.53. The highest BCUT2D eigenvalue weighted by molar-refractivity contribution is 5.46. The summed E-state index contributed by atoms with van der Waals surface area (Å²) in [5.41, 5.74) is 6.62. The van der Waals surface area contributed by atoms with Crippen LogP contribution in [0.2, 0.25) is 0 Å². The fourth-order valence-corrected chi connectivity index (χ4v) is 2.27. The third-order valence-electron chi connectivity index (χ3n) is 3.60. The van der Waals surface area contributed by atoms with Gasteiger partial charge >= 0.3 is 0 Å². The maximum Gasteiger partial charge on any atom is 0.123 e. The molecule has 0 spiro atoms. The number of nitrogens with one attached hydrogen (secondary N) is 1. The number of hydrogen-bond donors (Lipinski definition) is 2. The fraction of sp³-hybridized carbons (Fsp3) is 0.583. The Balaban J connectivity index is 2.00. The molecular weight excluding hydrogens is 186 g/mol. The van der Waals surface area contributed by atoms with Crippen molar-refractivity contribution in [3.63, 3.8) is 0 Å². The van der Waals surface area contributed by atoms with Crippen molar-refractivity contribution in [2.45, 2.75) is 32.7 Å². The van der Waals surface area contributed by atoms with Crippen LogP contribution in [-0.4, -0.2) is 11.0 Å². The lowest BCUT2D eigenvalue weighted by molar-refractivity contribution is 0.435. The molecule has 0 amide bonds. The number of aromatic nitrogens is 1. The Morgan fingerprint density at radius 2 is 2.13 bits per heavy atom. The average Bonchev–Trinajstić information content (AvgIpc) is 2.53. The first-order chi connectivity index (χ1) is 7.16. The fourth-order valence-electron chi connectivity index (χ4n) is 2.27. The van der Waals surface area contributed by atoms with Crippen molar-refractivity contribution >= 4 is 11.5 Å². The van der Waals surface area contributed by atoms with Crippen molar-refractivity contribution in [2.24, 2.45) is 11.8 Å².